The number of hydrogen-bond donors (Lipinski definition) is 2. The fraction of sp³-hybridized carbons (Fsp3) is 0.436. The average Bonchev–Trinajstić information content (AvgIpc) is 3.41. The van der Waals surface area contributed by atoms with Crippen molar-refractivity contribution in [2.45, 2.75) is 57.7 Å². The number of urea groups is 1. The average molecular weight is 743 g/mol. The second-order valence-electron chi connectivity index (χ2n) is 14.0. The van der Waals surface area contributed by atoms with Gasteiger partial charge in [0.2, 0.25) is 11.8 Å². The van der Waals surface area contributed by atoms with E-state index in [9.17, 15) is 28.8 Å². The van der Waals surface area contributed by atoms with Gasteiger partial charge in [0.05, 0.1) is 44.1 Å². The van der Waals surface area contributed by atoms with E-state index in [0.29, 0.717) is 56.0 Å². The summed E-state index contributed by atoms with van der Waals surface area (Å²) >= 11 is 0. The van der Waals surface area contributed by atoms with Gasteiger partial charge in [0, 0.05) is 50.4 Å². The van der Waals surface area contributed by atoms with Crippen LogP contribution >= 0.6 is 0 Å². The lowest BCUT2D eigenvalue weighted by atomic mass is 9.91. The van der Waals surface area contributed by atoms with Crippen molar-refractivity contribution in [3.8, 4) is 28.4 Å². The number of amides is 6. The summed E-state index contributed by atoms with van der Waals surface area (Å²) in [5.74, 6) is -0.665. The Morgan fingerprint density at radius 1 is 0.926 bits per heavy atom. The molecule has 1 unspecified atom stereocenters. The number of nitrogens with one attached hydrogen (secondary N) is 2. The molecule has 2 N–H and O–H groups in total. The molecule has 0 radical (unpaired) electrons. The number of unbranched alkanes of at least 4 members (excludes halogenated alkanes) is 2. The number of piperidine rings is 1. The highest BCUT2D eigenvalue weighted by Gasteiger charge is 2.46. The van der Waals surface area contributed by atoms with Crippen molar-refractivity contribution in [3.63, 3.8) is 0 Å². The van der Waals surface area contributed by atoms with Crippen LogP contribution in [0.4, 0.5) is 4.79 Å². The zero-order valence-corrected chi connectivity index (χ0v) is 31.3. The summed E-state index contributed by atoms with van der Waals surface area (Å²) in [5.41, 5.74) is 4.30. The normalized spacial score (nSPS) is 16.7. The molecule has 3 aromatic rings. The number of pyridine rings is 1. The zero-order valence-electron chi connectivity index (χ0n) is 31.3. The zero-order chi connectivity index (χ0) is 38.7. The first kappa shape index (κ1) is 38.0. The Hall–Kier alpha value is -5.70. The summed E-state index contributed by atoms with van der Waals surface area (Å²) in [7, 11) is 8.92. The molecule has 0 aliphatic carbocycles. The molecule has 6 amide bonds. The second-order valence-corrected chi connectivity index (χ2v) is 14.0. The molecule has 0 bridgehead atoms. The van der Waals surface area contributed by atoms with Crippen molar-refractivity contribution in [1.29, 1.82) is 0 Å². The van der Waals surface area contributed by atoms with E-state index < -0.39 is 29.7 Å². The van der Waals surface area contributed by atoms with Gasteiger partial charge in [-0.3, -0.25) is 34.2 Å². The summed E-state index contributed by atoms with van der Waals surface area (Å²) in [4.78, 5) is 81.5. The Balaban J connectivity index is 1.02. The highest BCUT2D eigenvalue weighted by molar-refractivity contribution is 6.24. The van der Waals surface area contributed by atoms with Gasteiger partial charge < -0.3 is 33.9 Å². The summed E-state index contributed by atoms with van der Waals surface area (Å²) in [6, 6.07) is 7.40. The van der Waals surface area contributed by atoms with E-state index in [0.717, 1.165) is 33.6 Å². The van der Waals surface area contributed by atoms with Gasteiger partial charge in [-0.1, -0.05) is 6.07 Å². The lowest BCUT2D eigenvalue weighted by Gasteiger charge is -2.30. The highest BCUT2D eigenvalue weighted by Crippen LogP contribution is 2.38. The van der Waals surface area contributed by atoms with Gasteiger partial charge in [-0.25, -0.2) is 4.79 Å². The van der Waals surface area contributed by atoms with E-state index >= 15 is 0 Å². The minimum absolute atomic E-state index is 0.0419. The van der Waals surface area contributed by atoms with Gasteiger partial charge in [0.1, 0.15) is 23.3 Å². The topological polar surface area (TPSA) is 169 Å². The molecular formula is C39H46N6O9. The van der Waals surface area contributed by atoms with Crippen LogP contribution in [0.2, 0.25) is 0 Å². The number of nitrogens with zero attached hydrogens (tertiary/aromatic N) is 4. The van der Waals surface area contributed by atoms with Crippen molar-refractivity contribution in [1.82, 2.24) is 29.9 Å². The smallest absolute Gasteiger partial charge is 0.317 e. The minimum Gasteiger partial charge on any atom is -0.496 e. The number of aryl methyl sites for hydroxylation is 1. The van der Waals surface area contributed by atoms with E-state index in [1.807, 2.05) is 37.3 Å². The third kappa shape index (κ3) is 7.53. The molecule has 0 spiro atoms. The number of rotatable bonds is 13. The number of aromatic nitrogens is 1. The highest BCUT2D eigenvalue weighted by atomic mass is 16.5. The monoisotopic (exact) mass is 742 g/mol. The van der Waals surface area contributed by atoms with Crippen molar-refractivity contribution in [2.24, 2.45) is 7.05 Å². The predicted molar refractivity (Wildman–Crippen MR) is 198 cm³/mol. The van der Waals surface area contributed by atoms with Crippen molar-refractivity contribution >= 4 is 29.7 Å². The minimum atomic E-state index is -1.05. The lowest BCUT2D eigenvalue weighted by molar-refractivity contribution is -0.136. The third-order valence-electron chi connectivity index (χ3n) is 10.0. The lowest BCUT2D eigenvalue weighted by Crippen LogP contribution is -2.54. The molecule has 15 heteroatoms. The molecule has 0 saturated carbocycles. The van der Waals surface area contributed by atoms with Gasteiger partial charge in [-0.05, 0) is 81.6 Å². The van der Waals surface area contributed by atoms with Crippen molar-refractivity contribution < 1.29 is 38.2 Å². The van der Waals surface area contributed by atoms with Gasteiger partial charge >= 0.3 is 6.03 Å². The molecule has 15 nitrogen and oxygen atoms in total. The van der Waals surface area contributed by atoms with Gasteiger partial charge in [0.15, 0.2) is 0 Å². The van der Waals surface area contributed by atoms with Crippen LogP contribution in [0, 0.1) is 0 Å². The van der Waals surface area contributed by atoms with E-state index in [4.69, 9.17) is 14.2 Å². The molecule has 3 aliphatic rings. The van der Waals surface area contributed by atoms with Crippen LogP contribution < -0.4 is 30.4 Å². The Morgan fingerprint density at radius 2 is 1.67 bits per heavy atom. The fourth-order valence-corrected chi connectivity index (χ4v) is 7.33. The number of carbonyl (C=O) groups excluding carboxylic acids is 5. The van der Waals surface area contributed by atoms with Crippen LogP contribution in [-0.4, -0.2) is 103 Å². The van der Waals surface area contributed by atoms with Crippen LogP contribution in [0.5, 0.6) is 17.2 Å². The number of hydrogen-bond acceptors (Lipinski definition) is 10. The molecule has 1 saturated heterocycles. The fourth-order valence-electron chi connectivity index (χ4n) is 7.33. The molecule has 1 atom stereocenters. The number of fused-ring (bicyclic) bond motifs is 2. The Kier molecular flexibility index (Phi) is 11.4. The Morgan fingerprint density at radius 3 is 2.35 bits per heavy atom. The van der Waals surface area contributed by atoms with Crippen LogP contribution in [0.25, 0.3) is 11.1 Å². The molecule has 286 valence electrons. The first-order chi connectivity index (χ1) is 25.9. The number of ether oxygens (including phenoxy) is 3. The maximum atomic E-state index is 13.3. The standard InChI is InChI=1S/C39H46N6O9/c1-42(2)20-28-31(52-4)18-23(19-32(28)53-5)26-21-43(3)36(48)27-22-44(16-14-24(26)27)39(51)40-15-7-6-8-17-54-30-11-9-10-25-34(30)38(50)45(37(25)49)29-12-13-33(46)41-35(29)47/h9-11,18-19,21,29H,6-8,12-17,20,22H2,1-5H3,(H,40,51)(H,41,46,47). The number of benzene rings is 2. The predicted octanol–water partition coefficient (Wildman–Crippen LogP) is 2.85. The summed E-state index contributed by atoms with van der Waals surface area (Å²) in [6.07, 6.45) is 4.48. The largest absolute Gasteiger partial charge is 0.496 e. The summed E-state index contributed by atoms with van der Waals surface area (Å²) in [6.45, 7) is 1.96. The Bertz CT molecular complexity index is 2030. The van der Waals surface area contributed by atoms with E-state index in [1.54, 1.807) is 42.9 Å². The molecule has 6 rings (SSSR count). The molecule has 1 aromatic heterocycles. The first-order valence-corrected chi connectivity index (χ1v) is 18.0. The molecule has 1 fully saturated rings. The molecule has 4 heterocycles. The molecular weight excluding hydrogens is 696 g/mol. The maximum absolute atomic E-state index is 13.3. The van der Waals surface area contributed by atoms with Crippen LogP contribution in [0.15, 0.2) is 41.3 Å². The van der Waals surface area contributed by atoms with E-state index in [2.05, 4.69) is 10.6 Å². The van der Waals surface area contributed by atoms with Gasteiger partial charge in [-0.2, -0.15) is 0 Å². The molecule has 2 aromatic carbocycles. The maximum Gasteiger partial charge on any atom is 0.317 e. The quantitative estimate of drug-likeness (QED) is 0.196. The Labute approximate surface area is 313 Å². The van der Waals surface area contributed by atoms with Crippen LogP contribution in [-0.2, 0) is 36.1 Å². The van der Waals surface area contributed by atoms with Crippen molar-refractivity contribution in [2.75, 3.05) is 48.0 Å². The van der Waals surface area contributed by atoms with E-state index in [1.165, 1.54) is 6.07 Å². The van der Waals surface area contributed by atoms with Crippen LogP contribution in [0.1, 0.15) is 69.5 Å². The van der Waals surface area contributed by atoms with Crippen molar-refractivity contribution in [3.05, 3.63) is 74.7 Å². The summed E-state index contributed by atoms with van der Waals surface area (Å²) < 4.78 is 19.0. The van der Waals surface area contributed by atoms with Gasteiger partial charge in [0.25, 0.3) is 17.4 Å². The number of carbonyl (C=O) groups is 5. The van der Waals surface area contributed by atoms with Gasteiger partial charge in [-0.15, -0.1) is 0 Å². The third-order valence-corrected chi connectivity index (χ3v) is 10.0. The second kappa shape index (κ2) is 16.1. The molecule has 54 heavy (non-hydrogen) atoms. The first-order valence-electron chi connectivity index (χ1n) is 18.0. The van der Waals surface area contributed by atoms with Crippen LogP contribution in [0.3, 0.4) is 0 Å². The van der Waals surface area contributed by atoms with E-state index in [-0.39, 0.29) is 54.5 Å². The summed E-state index contributed by atoms with van der Waals surface area (Å²) in [5, 5.41) is 5.16. The SMILES string of the molecule is COc1cc(-c2cn(C)c(=O)c3c2CCN(C(=O)NCCCCCOc2cccc4c2C(=O)N(C2CCC(=O)NC2=O)C4=O)C3)cc(OC)c1CN(C)C. The molecule has 3 aliphatic heterocycles. The number of methoxy groups -OCH3 is 2. The number of imide groups is 2.